The molecule has 0 radical (unpaired) electrons. The Hall–Kier alpha value is -2.41. The Morgan fingerprint density at radius 2 is 1.67 bits per heavy atom. The number of thiocarbonyl (C=S) groups is 1. The van der Waals surface area contributed by atoms with Crippen molar-refractivity contribution in [3.63, 3.8) is 0 Å². The third-order valence-corrected chi connectivity index (χ3v) is 5.78. The summed E-state index contributed by atoms with van der Waals surface area (Å²) in [5.74, 6) is 0.753. The first-order valence-electron chi connectivity index (χ1n) is 10.3. The van der Waals surface area contributed by atoms with E-state index in [0.717, 1.165) is 48.9 Å². The highest BCUT2D eigenvalue weighted by Crippen LogP contribution is 2.15. The van der Waals surface area contributed by atoms with Crippen LogP contribution in [0.4, 0.5) is 5.82 Å². The Kier molecular flexibility index (Phi) is 7.00. The standard InChI is InChI=1S/C23H26ClN5S/c24-20-8-6-19(7-9-20)17-29-15-12-22(27-29)26-23(30)25-21-10-13-28(14-11-21)16-18-4-2-1-3-5-18/h1-9,12,15,21H,10-11,13-14,16-17H2,(H2,25,26,27,30). The molecule has 0 atom stereocenters. The first-order valence-corrected chi connectivity index (χ1v) is 11.0. The molecule has 1 saturated heterocycles. The highest BCUT2D eigenvalue weighted by molar-refractivity contribution is 7.80. The summed E-state index contributed by atoms with van der Waals surface area (Å²) in [4.78, 5) is 2.50. The number of anilines is 1. The van der Waals surface area contributed by atoms with Gasteiger partial charge in [-0.15, -0.1) is 0 Å². The molecule has 2 N–H and O–H groups in total. The molecule has 2 heterocycles. The number of hydrogen-bond donors (Lipinski definition) is 2. The summed E-state index contributed by atoms with van der Waals surface area (Å²) in [5.41, 5.74) is 2.52. The zero-order valence-corrected chi connectivity index (χ0v) is 18.4. The molecule has 0 saturated carbocycles. The van der Waals surface area contributed by atoms with Crippen molar-refractivity contribution in [2.24, 2.45) is 0 Å². The number of rotatable bonds is 6. The largest absolute Gasteiger partial charge is 0.360 e. The van der Waals surface area contributed by atoms with E-state index < -0.39 is 0 Å². The molecule has 3 aromatic rings. The highest BCUT2D eigenvalue weighted by atomic mass is 35.5. The fourth-order valence-electron chi connectivity index (χ4n) is 3.71. The van der Waals surface area contributed by atoms with Gasteiger partial charge < -0.3 is 10.6 Å². The molecular formula is C23H26ClN5S. The molecule has 1 aromatic heterocycles. The van der Waals surface area contributed by atoms with Gasteiger partial charge in [0.2, 0.25) is 0 Å². The third-order valence-electron chi connectivity index (χ3n) is 5.31. The van der Waals surface area contributed by atoms with Crippen molar-refractivity contribution in [3.05, 3.63) is 83.0 Å². The van der Waals surface area contributed by atoms with Crippen LogP contribution in [0.2, 0.25) is 5.02 Å². The number of halogens is 1. The SMILES string of the molecule is S=C(Nc1ccn(Cc2ccc(Cl)cc2)n1)NC1CCN(Cc2ccccc2)CC1. The van der Waals surface area contributed by atoms with Crippen LogP contribution in [0.1, 0.15) is 24.0 Å². The van der Waals surface area contributed by atoms with Crippen LogP contribution in [-0.2, 0) is 13.1 Å². The lowest BCUT2D eigenvalue weighted by Gasteiger charge is -2.32. The fourth-order valence-corrected chi connectivity index (χ4v) is 4.11. The van der Waals surface area contributed by atoms with Gasteiger partial charge in [-0.05, 0) is 48.3 Å². The van der Waals surface area contributed by atoms with Gasteiger partial charge >= 0.3 is 0 Å². The predicted octanol–water partition coefficient (Wildman–Crippen LogP) is 4.54. The maximum Gasteiger partial charge on any atom is 0.172 e. The summed E-state index contributed by atoms with van der Waals surface area (Å²) in [6.07, 6.45) is 4.11. The Balaban J connectivity index is 1.21. The average Bonchev–Trinajstić information content (AvgIpc) is 3.18. The third kappa shape index (κ3) is 6.05. The summed E-state index contributed by atoms with van der Waals surface area (Å²) >= 11 is 11.4. The molecule has 5 nitrogen and oxygen atoms in total. The van der Waals surface area contributed by atoms with E-state index in [0.29, 0.717) is 17.7 Å². The van der Waals surface area contributed by atoms with Gasteiger partial charge in [0.25, 0.3) is 0 Å². The molecule has 4 rings (SSSR count). The van der Waals surface area contributed by atoms with E-state index in [1.54, 1.807) is 0 Å². The van der Waals surface area contributed by atoms with Crippen LogP contribution in [-0.4, -0.2) is 38.9 Å². The number of benzene rings is 2. The van der Waals surface area contributed by atoms with E-state index in [-0.39, 0.29) is 0 Å². The van der Waals surface area contributed by atoms with Crippen LogP contribution in [0.3, 0.4) is 0 Å². The quantitative estimate of drug-likeness (QED) is 0.552. The molecule has 1 aliphatic heterocycles. The Labute approximate surface area is 188 Å². The Morgan fingerprint density at radius 1 is 0.967 bits per heavy atom. The van der Waals surface area contributed by atoms with Crippen molar-refractivity contribution < 1.29 is 0 Å². The first-order chi connectivity index (χ1) is 14.6. The summed E-state index contributed by atoms with van der Waals surface area (Å²) in [5, 5.41) is 12.6. The molecule has 1 fully saturated rings. The zero-order chi connectivity index (χ0) is 20.8. The van der Waals surface area contributed by atoms with Gasteiger partial charge in [-0.1, -0.05) is 54.1 Å². The second kappa shape index (κ2) is 10.1. The van der Waals surface area contributed by atoms with Crippen molar-refractivity contribution in [3.8, 4) is 0 Å². The van der Waals surface area contributed by atoms with Gasteiger partial charge in [0.1, 0.15) is 0 Å². The lowest BCUT2D eigenvalue weighted by molar-refractivity contribution is 0.199. The topological polar surface area (TPSA) is 45.1 Å². The second-order valence-corrected chi connectivity index (χ2v) is 8.50. The molecule has 0 spiro atoms. The van der Waals surface area contributed by atoms with Crippen LogP contribution >= 0.6 is 23.8 Å². The van der Waals surface area contributed by atoms with Crippen LogP contribution < -0.4 is 10.6 Å². The fraction of sp³-hybridized carbons (Fsp3) is 0.304. The molecular weight excluding hydrogens is 414 g/mol. The van der Waals surface area contributed by atoms with Crippen molar-refractivity contribution in [1.82, 2.24) is 20.0 Å². The number of hydrogen-bond acceptors (Lipinski definition) is 3. The molecule has 0 unspecified atom stereocenters. The number of nitrogens with zero attached hydrogens (tertiary/aromatic N) is 3. The predicted molar refractivity (Wildman–Crippen MR) is 127 cm³/mol. The monoisotopic (exact) mass is 439 g/mol. The lowest BCUT2D eigenvalue weighted by atomic mass is 10.0. The Morgan fingerprint density at radius 3 is 2.40 bits per heavy atom. The smallest absolute Gasteiger partial charge is 0.172 e. The van der Waals surface area contributed by atoms with E-state index >= 15 is 0 Å². The maximum absolute atomic E-state index is 5.94. The average molecular weight is 440 g/mol. The highest BCUT2D eigenvalue weighted by Gasteiger charge is 2.20. The van der Waals surface area contributed by atoms with Gasteiger partial charge in [-0.3, -0.25) is 9.58 Å². The van der Waals surface area contributed by atoms with Gasteiger partial charge in [-0.2, -0.15) is 5.10 Å². The minimum atomic E-state index is 0.396. The van der Waals surface area contributed by atoms with Crippen LogP contribution in [0.15, 0.2) is 66.9 Å². The van der Waals surface area contributed by atoms with E-state index in [1.165, 1.54) is 5.56 Å². The van der Waals surface area contributed by atoms with E-state index in [9.17, 15) is 0 Å². The maximum atomic E-state index is 5.94. The lowest BCUT2D eigenvalue weighted by Crippen LogP contribution is -2.45. The number of nitrogens with one attached hydrogen (secondary N) is 2. The van der Waals surface area contributed by atoms with Crippen LogP contribution in [0.5, 0.6) is 0 Å². The second-order valence-electron chi connectivity index (χ2n) is 7.66. The van der Waals surface area contributed by atoms with Gasteiger partial charge in [0.15, 0.2) is 10.9 Å². The van der Waals surface area contributed by atoms with Crippen LogP contribution in [0.25, 0.3) is 0 Å². The normalized spacial score (nSPS) is 15.1. The van der Waals surface area contributed by atoms with E-state index in [2.05, 4.69) is 51.0 Å². The number of piperidine rings is 1. The molecule has 0 aliphatic carbocycles. The van der Waals surface area contributed by atoms with Gasteiger partial charge in [0.05, 0.1) is 6.54 Å². The molecule has 2 aromatic carbocycles. The van der Waals surface area contributed by atoms with E-state index in [4.69, 9.17) is 23.8 Å². The molecule has 1 aliphatic rings. The zero-order valence-electron chi connectivity index (χ0n) is 16.8. The van der Waals surface area contributed by atoms with Crippen molar-refractivity contribution in [2.75, 3.05) is 18.4 Å². The number of likely N-dealkylation sites (tertiary alicyclic amines) is 1. The van der Waals surface area contributed by atoms with Gasteiger partial charge in [-0.25, -0.2) is 0 Å². The summed E-state index contributed by atoms with van der Waals surface area (Å²) in [6, 6.07) is 20.8. The molecule has 156 valence electrons. The summed E-state index contributed by atoms with van der Waals surface area (Å²) < 4.78 is 1.89. The van der Waals surface area contributed by atoms with Gasteiger partial charge in [0, 0.05) is 43.0 Å². The molecule has 0 amide bonds. The summed E-state index contributed by atoms with van der Waals surface area (Å²) in [7, 11) is 0. The molecule has 7 heteroatoms. The number of aromatic nitrogens is 2. The molecule has 0 bridgehead atoms. The van der Waals surface area contributed by atoms with Crippen LogP contribution in [0, 0.1) is 0 Å². The van der Waals surface area contributed by atoms with E-state index in [1.807, 2.05) is 41.2 Å². The van der Waals surface area contributed by atoms with Crippen molar-refractivity contribution in [1.29, 1.82) is 0 Å². The summed E-state index contributed by atoms with van der Waals surface area (Å²) in [6.45, 7) is 3.86. The first kappa shape index (κ1) is 20.8. The Bertz CT molecular complexity index is 949. The molecule has 30 heavy (non-hydrogen) atoms. The van der Waals surface area contributed by atoms with Crippen molar-refractivity contribution in [2.45, 2.75) is 32.0 Å². The minimum Gasteiger partial charge on any atom is -0.360 e. The minimum absolute atomic E-state index is 0.396. The van der Waals surface area contributed by atoms with Crippen molar-refractivity contribution >= 4 is 34.7 Å².